The Kier molecular flexibility index (Phi) is 7.06. The summed E-state index contributed by atoms with van der Waals surface area (Å²) in [4.78, 5) is 36.1. The number of hydrogen-bond acceptors (Lipinski definition) is 4. The Morgan fingerprint density at radius 2 is 1.53 bits per heavy atom. The van der Waals surface area contributed by atoms with Crippen LogP contribution in [-0.4, -0.2) is 43.6 Å². The second kappa shape index (κ2) is 9.91. The van der Waals surface area contributed by atoms with Crippen LogP contribution in [0.15, 0.2) is 48.5 Å². The summed E-state index contributed by atoms with van der Waals surface area (Å²) in [6.07, 6.45) is -0.275. The van der Waals surface area contributed by atoms with Gasteiger partial charge < -0.3 is 20.7 Å². The van der Waals surface area contributed by atoms with Crippen LogP contribution in [0.4, 0.5) is 4.79 Å². The van der Waals surface area contributed by atoms with Crippen LogP contribution in [0.2, 0.25) is 0 Å². The molecular weight excluding hydrogens is 382 g/mol. The number of rotatable bonds is 8. The maximum Gasteiger partial charge on any atom is 0.407 e. The van der Waals surface area contributed by atoms with E-state index in [1.54, 1.807) is 13.8 Å². The molecule has 1 aliphatic rings. The molecule has 1 atom stereocenters. The number of amides is 3. The van der Waals surface area contributed by atoms with Crippen LogP contribution in [-0.2, 0) is 14.3 Å². The zero-order valence-electron chi connectivity index (χ0n) is 17.2. The molecule has 0 saturated carbocycles. The summed E-state index contributed by atoms with van der Waals surface area (Å²) in [6.45, 7) is 4.11. The topological polar surface area (TPSA) is 96.5 Å². The molecule has 158 valence electrons. The van der Waals surface area contributed by atoms with Gasteiger partial charge in [0.25, 0.3) is 0 Å². The van der Waals surface area contributed by atoms with Gasteiger partial charge in [0.1, 0.15) is 12.6 Å². The average molecular weight is 409 g/mol. The second-order valence-electron chi connectivity index (χ2n) is 7.10. The predicted octanol–water partition coefficient (Wildman–Crippen LogP) is 2.56. The Morgan fingerprint density at radius 3 is 2.10 bits per heavy atom. The van der Waals surface area contributed by atoms with Gasteiger partial charge in [-0.2, -0.15) is 0 Å². The van der Waals surface area contributed by atoms with Crippen LogP contribution in [0.3, 0.4) is 0 Å². The number of likely N-dealkylation sites (N-methyl/N-ethyl adjacent to an activating group) is 1. The van der Waals surface area contributed by atoms with Gasteiger partial charge in [-0.1, -0.05) is 55.5 Å². The normalized spacial score (nSPS) is 13.0. The van der Waals surface area contributed by atoms with Crippen molar-refractivity contribution in [2.45, 2.75) is 32.2 Å². The SMILES string of the molecule is CCNC(=O)CNC(=O)C(CC)NC(=O)OCC1c2ccccc2-c2ccccc21. The molecule has 0 radical (unpaired) electrons. The monoisotopic (exact) mass is 409 g/mol. The Hall–Kier alpha value is -3.35. The lowest BCUT2D eigenvalue weighted by molar-refractivity contribution is -0.127. The van der Waals surface area contributed by atoms with Gasteiger partial charge >= 0.3 is 6.09 Å². The van der Waals surface area contributed by atoms with E-state index in [0.717, 1.165) is 22.3 Å². The van der Waals surface area contributed by atoms with Crippen molar-refractivity contribution in [2.75, 3.05) is 19.7 Å². The van der Waals surface area contributed by atoms with E-state index in [1.807, 2.05) is 36.4 Å². The minimum Gasteiger partial charge on any atom is -0.449 e. The quantitative estimate of drug-likeness (QED) is 0.624. The molecule has 0 heterocycles. The molecule has 0 bridgehead atoms. The zero-order valence-corrected chi connectivity index (χ0v) is 17.2. The number of fused-ring (bicyclic) bond motifs is 3. The molecule has 3 N–H and O–H groups in total. The zero-order chi connectivity index (χ0) is 21.5. The highest BCUT2D eigenvalue weighted by atomic mass is 16.5. The Balaban J connectivity index is 1.57. The number of carbonyl (C=O) groups excluding carboxylic acids is 3. The molecule has 0 aromatic heterocycles. The highest BCUT2D eigenvalue weighted by Crippen LogP contribution is 2.44. The van der Waals surface area contributed by atoms with Crippen LogP contribution < -0.4 is 16.0 Å². The molecule has 2 aromatic carbocycles. The van der Waals surface area contributed by atoms with Gasteiger partial charge in [-0.05, 0) is 35.6 Å². The molecule has 0 spiro atoms. The molecular formula is C23H27N3O4. The van der Waals surface area contributed by atoms with Crippen molar-refractivity contribution >= 4 is 17.9 Å². The van der Waals surface area contributed by atoms with Gasteiger partial charge in [0.15, 0.2) is 0 Å². The lowest BCUT2D eigenvalue weighted by Gasteiger charge is -2.18. The third-order valence-corrected chi connectivity index (χ3v) is 5.16. The number of alkyl carbamates (subject to hydrolysis) is 1. The van der Waals surface area contributed by atoms with Crippen LogP contribution in [0.5, 0.6) is 0 Å². The van der Waals surface area contributed by atoms with Gasteiger partial charge in [0.2, 0.25) is 11.8 Å². The number of benzene rings is 2. The highest BCUT2D eigenvalue weighted by molar-refractivity contribution is 5.89. The molecule has 0 saturated heterocycles. The van der Waals surface area contributed by atoms with Crippen LogP contribution in [0.25, 0.3) is 11.1 Å². The van der Waals surface area contributed by atoms with E-state index in [1.165, 1.54) is 0 Å². The van der Waals surface area contributed by atoms with Gasteiger partial charge in [0, 0.05) is 12.5 Å². The summed E-state index contributed by atoms with van der Waals surface area (Å²) in [5, 5.41) is 7.72. The Morgan fingerprint density at radius 1 is 0.933 bits per heavy atom. The van der Waals surface area contributed by atoms with Crippen LogP contribution >= 0.6 is 0 Å². The van der Waals surface area contributed by atoms with E-state index >= 15 is 0 Å². The molecule has 1 aliphatic carbocycles. The van der Waals surface area contributed by atoms with E-state index in [-0.39, 0.29) is 25.0 Å². The molecule has 7 nitrogen and oxygen atoms in total. The minimum atomic E-state index is -0.768. The van der Waals surface area contributed by atoms with Crippen molar-refractivity contribution in [1.82, 2.24) is 16.0 Å². The maximum absolute atomic E-state index is 12.3. The first-order valence-corrected chi connectivity index (χ1v) is 10.2. The molecule has 0 aliphatic heterocycles. The molecule has 0 fully saturated rings. The molecule has 7 heteroatoms. The lowest BCUT2D eigenvalue weighted by Crippen LogP contribution is -2.49. The van der Waals surface area contributed by atoms with Crippen LogP contribution in [0.1, 0.15) is 37.3 Å². The van der Waals surface area contributed by atoms with Crippen molar-refractivity contribution < 1.29 is 19.1 Å². The van der Waals surface area contributed by atoms with Crippen molar-refractivity contribution in [2.24, 2.45) is 0 Å². The van der Waals surface area contributed by atoms with Crippen molar-refractivity contribution in [3.63, 3.8) is 0 Å². The predicted molar refractivity (Wildman–Crippen MR) is 114 cm³/mol. The summed E-state index contributed by atoms with van der Waals surface area (Å²) >= 11 is 0. The second-order valence-corrected chi connectivity index (χ2v) is 7.10. The molecule has 3 amide bonds. The first-order valence-electron chi connectivity index (χ1n) is 10.2. The van der Waals surface area contributed by atoms with Crippen LogP contribution in [0, 0.1) is 0 Å². The number of hydrogen-bond donors (Lipinski definition) is 3. The standard InChI is InChI=1S/C23H27N3O4/c1-3-20(22(28)25-13-21(27)24-4-2)26-23(29)30-14-19-17-11-7-5-9-15(17)16-10-6-8-12-18(16)19/h5-12,19-20H,3-4,13-14H2,1-2H3,(H,24,27)(H,25,28)(H,26,29). The van der Waals surface area contributed by atoms with Crippen molar-refractivity contribution in [3.8, 4) is 11.1 Å². The van der Waals surface area contributed by atoms with Crippen molar-refractivity contribution in [3.05, 3.63) is 59.7 Å². The van der Waals surface area contributed by atoms with Gasteiger partial charge in [-0.25, -0.2) is 4.79 Å². The first kappa shape index (κ1) is 21.4. The van der Waals surface area contributed by atoms with Gasteiger partial charge in [0.05, 0.1) is 6.54 Å². The maximum atomic E-state index is 12.3. The van der Waals surface area contributed by atoms with E-state index in [4.69, 9.17) is 4.74 Å². The van der Waals surface area contributed by atoms with E-state index in [9.17, 15) is 14.4 Å². The van der Waals surface area contributed by atoms with Gasteiger partial charge in [-0.3, -0.25) is 9.59 Å². The molecule has 3 rings (SSSR count). The highest BCUT2D eigenvalue weighted by Gasteiger charge is 2.29. The third-order valence-electron chi connectivity index (χ3n) is 5.16. The summed E-state index contributed by atoms with van der Waals surface area (Å²) in [5.41, 5.74) is 4.55. The number of ether oxygens (including phenoxy) is 1. The third kappa shape index (κ3) is 4.79. The average Bonchev–Trinajstić information content (AvgIpc) is 3.08. The van der Waals surface area contributed by atoms with Gasteiger partial charge in [-0.15, -0.1) is 0 Å². The number of nitrogens with one attached hydrogen (secondary N) is 3. The largest absolute Gasteiger partial charge is 0.449 e. The Bertz CT molecular complexity index is 883. The van der Waals surface area contributed by atoms with Crippen molar-refractivity contribution in [1.29, 1.82) is 0 Å². The molecule has 2 aromatic rings. The fourth-order valence-corrected chi connectivity index (χ4v) is 3.69. The fourth-order valence-electron chi connectivity index (χ4n) is 3.69. The Labute approximate surface area is 176 Å². The first-order chi connectivity index (χ1) is 14.5. The van der Waals surface area contributed by atoms with E-state index < -0.39 is 18.0 Å². The minimum absolute atomic E-state index is 0.0465. The smallest absolute Gasteiger partial charge is 0.407 e. The van der Waals surface area contributed by atoms with E-state index in [2.05, 4.69) is 28.1 Å². The summed E-state index contributed by atoms with van der Waals surface area (Å²) in [7, 11) is 0. The fraction of sp³-hybridized carbons (Fsp3) is 0.348. The number of carbonyl (C=O) groups is 3. The summed E-state index contributed by atoms with van der Waals surface area (Å²) in [5.74, 6) is -0.742. The summed E-state index contributed by atoms with van der Waals surface area (Å²) < 4.78 is 5.48. The molecule has 30 heavy (non-hydrogen) atoms. The summed E-state index contributed by atoms with van der Waals surface area (Å²) in [6, 6.07) is 15.4. The lowest BCUT2D eigenvalue weighted by atomic mass is 9.98. The molecule has 1 unspecified atom stereocenters. The van der Waals surface area contributed by atoms with E-state index in [0.29, 0.717) is 13.0 Å².